The Hall–Kier alpha value is -3.74. The van der Waals surface area contributed by atoms with Gasteiger partial charge < -0.3 is 14.5 Å². The topological polar surface area (TPSA) is 75.6 Å². The molecule has 152 valence electrons. The largest absolute Gasteiger partial charge is 0.465 e. The summed E-state index contributed by atoms with van der Waals surface area (Å²) in [6.45, 7) is 2.58. The second kappa shape index (κ2) is 8.73. The molecule has 1 aromatic heterocycles. The molecule has 2 heterocycles. The van der Waals surface area contributed by atoms with E-state index in [0.29, 0.717) is 43.1 Å². The van der Waals surface area contributed by atoms with E-state index in [-0.39, 0.29) is 5.91 Å². The van der Waals surface area contributed by atoms with E-state index >= 15 is 0 Å². The monoisotopic (exact) mass is 402 g/mol. The minimum atomic E-state index is -0.415. The number of hydrogen-bond acceptors (Lipinski definition) is 6. The predicted molar refractivity (Wildman–Crippen MR) is 113 cm³/mol. The van der Waals surface area contributed by atoms with E-state index in [4.69, 9.17) is 9.72 Å². The van der Waals surface area contributed by atoms with Gasteiger partial charge in [-0.05, 0) is 30.3 Å². The molecule has 0 unspecified atom stereocenters. The highest BCUT2D eigenvalue weighted by Gasteiger charge is 2.23. The number of hydrogen-bond donors (Lipinski definition) is 0. The van der Waals surface area contributed by atoms with Crippen molar-refractivity contribution >= 4 is 17.7 Å². The number of methoxy groups -OCH3 is 1. The Morgan fingerprint density at radius 1 is 0.867 bits per heavy atom. The van der Waals surface area contributed by atoms with E-state index < -0.39 is 5.97 Å². The van der Waals surface area contributed by atoms with Crippen LogP contribution in [0.25, 0.3) is 11.4 Å². The molecule has 0 bridgehead atoms. The molecule has 1 fully saturated rings. The number of carbonyl (C=O) groups is 2. The molecule has 0 N–H and O–H groups in total. The van der Waals surface area contributed by atoms with E-state index in [1.807, 2.05) is 41.3 Å². The Morgan fingerprint density at radius 3 is 2.20 bits per heavy atom. The van der Waals surface area contributed by atoms with E-state index in [2.05, 4.69) is 9.88 Å². The lowest BCUT2D eigenvalue weighted by Crippen LogP contribution is -2.49. The van der Waals surface area contributed by atoms with Gasteiger partial charge in [-0.3, -0.25) is 4.79 Å². The maximum Gasteiger partial charge on any atom is 0.337 e. The second-order valence-corrected chi connectivity index (χ2v) is 6.95. The molecule has 4 rings (SSSR count). The van der Waals surface area contributed by atoms with E-state index in [1.165, 1.54) is 7.11 Å². The number of carbonyl (C=O) groups excluding carboxylic acids is 2. The van der Waals surface area contributed by atoms with Crippen molar-refractivity contribution in [1.82, 2.24) is 14.9 Å². The number of aromatic nitrogens is 2. The third kappa shape index (κ3) is 4.15. The molecule has 0 atom stereocenters. The normalized spacial score (nSPS) is 13.8. The van der Waals surface area contributed by atoms with Gasteiger partial charge >= 0.3 is 5.97 Å². The van der Waals surface area contributed by atoms with Gasteiger partial charge in [0.1, 0.15) is 5.82 Å². The molecule has 1 amide bonds. The van der Waals surface area contributed by atoms with Crippen LogP contribution in [-0.2, 0) is 4.74 Å². The van der Waals surface area contributed by atoms with Gasteiger partial charge in [0, 0.05) is 43.5 Å². The molecular formula is C23H22N4O3. The number of anilines is 1. The van der Waals surface area contributed by atoms with Gasteiger partial charge in [-0.2, -0.15) is 0 Å². The van der Waals surface area contributed by atoms with Crippen molar-refractivity contribution in [2.75, 3.05) is 38.2 Å². The average molecular weight is 402 g/mol. The molecule has 2 aromatic carbocycles. The molecule has 1 aliphatic heterocycles. The van der Waals surface area contributed by atoms with E-state index in [1.54, 1.807) is 30.5 Å². The molecule has 3 aromatic rings. The fourth-order valence-corrected chi connectivity index (χ4v) is 3.44. The Bertz CT molecular complexity index is 1030. The zero-order chi connectivity index (χ0) is 20.9. The van der Waals surface area contributed by atoms with E-state index in [9.17, 15) is 9.59 Å². The predicted octanol–water partition coefficient (Wildman–Crippen LogP) is 2.89. The van der Waals surface area contributed by atoms with Crippen LogP contribution in [-0.4, -0.2) is 60.0 Å². The van der Waals surface area contributed by atoms with E-state index in [0.717, 1.165) is 11.4 Å². The standard InChI is InChI=1S/C23H22N4O3/c1-30-23(29)19-9-7-18(8-10-19)22(28)27-15-13-26(14-16-27)20-11-12-24-21(25-20)17-5-3-2-4-6-17/h2-12H,13-16H2,1H3. The number of amides is 1. The summed E-state index contributed by atoms with van der Waals surface area (Å²) >= 11 is 0. The van der Waals surface area contributed by atoms with Crippen LogP contribution in [0.1, 0.15) is 20.7 Å². The molecule has 7 heteroatoms. The summed E-state index contributed by atoms with van der Waals surface area (Å²) < 4.78 is 4.69. The summed E-state index contributed by atoms with van der Waals surface area (Å²) in [6.07, 6.45) is 1.77. The first-order valence-corrected chi connectivity index (χ1v) is 9.77. The van der Waals surface area contributed by atoms with Crippen molar-refractivity contribution in [1.29, 1.82) is 0 Å². The van der Waals surface area contributed by atoms with Gasteiger partial charge in [-0.1, -0.05) is 30.3 Å². The number of rotatable bonds is 4. The fourth-order valence-electron chi connectivity index (χ4n) is 3.44. The van der Waals surface area contributed by atoms with Crippen LogP contribution in [0, 0.1) is 0 Å². The van der Waals surface area contributed by atoms with Crippen LogP contribution >= 0.6 is 0 Å². The lowest BCUT2D eigenvalue weighted by molar-refractivity contribution is 0.0599. The first kappa shape index (κ1) is 19.6. The number of benzene rings is 2. The summed E-state index contributed by atoms with van der Waals surface area (Å²) in [5, 5.41) is 0. The van der Waals surface area contributed by atoms with Crippen molar-refractivity contribution in [3.8, 4) is 11.4 Å². The third-order valence-electron chi connectivity index (χ3n) is 5.12. The highest BCUT2D eigenvalue weighted by atomic mass is 16.5. The summed E-state index contributed by atoms with van der Waals surface area (Å²) in [4.78, 5) is 37.4. The molecule has 1 aliphatic rings. The molecule has 0 radical (unpaired) electrons. The van der Waals surface area contributed by atoms with Crippen LogP contribution in [0.3, 0.4) is 0 Å². The minimum Gasteiger partial charge on any atom is -0.465 e. The molecule has 30 heavy (non-hydrogen) atoms. The van der Waals surface area contributed by atoms with Crippen molar-refractivity contribution in [2.24, 2.45) is 0 Å². The number of nitrogens with zero attached hydrogens (tertiary/aromatic N) is 4. The highest BCUT2D eigenvalue weighted by molar-refractivity contribution is 5.96. The Balaban J connectivity index is 1.40. The van der Waals surface area contributed by atoms with Crippen molar-refractivity contribution in [2.45, 2.75) is 0 Å². The molecule has 0 saturated carbocycles. The zero-order valence-electron chi connectivity index (χ0n) is 16.7. The van der Waals surface area contributed by atoms with Crippen molar-refractivity contribution in [3.63, 3.8) is 0 Å². The van der Waals surface area contributed by atoms with Crippen LogP contribution in [0.5, 0.6) is 0 Å². The average Bonchev–Trinajstić information content (AvgIpc) is 2.84. The Kier molecular flexibility index (Phi) is 5.70. The number of ether oxygens (including phenoxy) is 1. The van der Waals surface area contributed by atoms with Gasteiger partial charge in [-0.15, -0.1) is 0 Å². The fraction of sp³-hybridized carbons (Fsp3) is 0.217. The molecular weight excluding hydrogens is 380 g/mol. The van der Waals surface area contributed by atoms with Gasteiger partial charge in [0.25, 0.3) is 5.91 Å². The van der Waals surface area contributed by atoms with Crippen molar-refractivity contribution < 1.29 is 14.3 Å². The van der Waals surface area contributed by atoms with Crippen LogP contribution < -0.4 is 4.90 Å². The maximum atomic E-state index is 12.8. The van der Waals surface area contributed by atoms with Crippen molar-refractivity contribution in [3.05, 3.63) is 78.0 Å². The second-order valence-electron chi connectivity index (χ2n) is 6.95. The van der Waals surface area contributed by atoms with Gasteiger partial charge in [0.15, 0.2) is 5.82 Å². The maximum absolute atomic E-state index is 12.8. The first-order valence-electron chi connectivity index (χ1n) is 9.77. The Morgan fingerprint density at radius 2 is 1.53 bits per heavy atom. The SMILES string of the molecule is COC(=O)c1ccc(C(=O)N2CCN(c3ccnc(-c4ccccc4)n3)CC2)cc1. The molecule has 7 nitrogen and oxygen atoms in total. The van der Waals surface area contributed by atoms with Gasteiger partial charge in [-0.25, -0.2) is 14.8 Å². The molecule has 0 aliphatic carbocycles. The van der Waals surface area contributed by atoms with Crippen LogP contribution in [0.2, 0.25) is 0 Å². The molecule has 0 spiro atoms. The summed E-state index contributed by atoms with van der Waals surface area (Å²) in [6, 6.07) is 18.3. The first-order chi connectivity index (χ1) is 14.7. The van der Waals surface area contributed by atoms with Crippen LogP contribution in [0.15, 0.2) is 66.9 Å². The number of esters is 1. The zero-order valence-corrected chi connectivity index (χ0v) is 16.7. The Labute approximate surface area is 174 Å². The highest BCUT2D eigenvalue weighted by Crippen LogP contribution is 2.20. The third-order valence-corrected chi connectivity index (χ3v) is 5.12. The number of piperazine rings is 1. The lowest BCUT2D eigenvalue weighted by Gasteiger charge is -2.35. The lowest BCUT2D eigenvalue weighted by atomic mass is 10.1. The molecule has 1 saturated heterocycles. The summed E-state index contributed by atoms with van der Waals surface area (Å²) in [5.41, 5.74) is 1.96. The van der Waals surface area contributed by atoms with Crippen LogP contribution in [0.4, 0.5) is 5.82 Å². The quantitative estimate of drug-likeness (QED) is 0.625. The smallest absolute Gasteiger partial charge is 0.337 e. The van der Waals surface area contributed by atoms with Gasteiger partial charge in [0.2, 0.25) is 0 Å². The summed E-state index contributed by atoms with van der Waals surface area (Å²) in [5.74, 6) is 1.09. The summed E-state index contributed by atoms with van der Waals surface area (Å²) in [7, 11) is 1.33. The minimum absolute atomic E-state index is 0.0428. The van der Waals surface area contributed by atoms with Gasteiger partial charge in [0.05, 0.1) is 12.7 Å².